The van der Waals surface area contributed by atoms with Gasteiger partial charge in [0.05, 0.1) is 22.5 Å². The van der Waals surface area contributed by atoms with Crippen molar-refractivity contribution < 1.29 is 28.2 Å². The predicted molar refractivity (Wildman–Crippen MR) is 80.9 cm³/mol. The molecule has 4 N–H and O–H groups in total. The molecule has 5 nitrogen and oxygen atoms in total. The second-order valence-electron chi connectivity index (χ2n) is 5.19. The molecule has 0 spiro atoms. The van der Waals surface area contributed by atoms with Crippen molar-refractivity contribution >= 4 is 17.2 Å². The molecule has 124 valence electrons. The zero-order valence-corrected chi connectivity index (χ0v) is 12.0. The van der Waals surface area contributed by atoms with Gasteiger partial charge in [0.25, 0.3) is 0 Å². The number of aromatic carboxylic acids is 1. The Bertz CT molecular complexity index is 961. The topological polar surface area (TPSA) is 88.0 Å². The molecule has 2 heterocycles. The normalized spacial score (nSPS) is 11.8. The van der Waals surface area contributed by atoms with Crippen molar-refractivity contribution in [2.75, 3.05) is 5.73 Å². The number of aromatic nitrogens is 1. The summed E-state index contributed by atoms with van der Waals surface area (Å²) in [5.74, 6) is -1.73. The first-order valence-electron chi connectivity index (χ1n) is 6.73. The van der Waals surface area contributed by atoms with E-state index in [-0.39, 0.29) is 16.8 Å². The van der Waals surface area contributed by atoms with Gasteiger partial charge in [-0.3, -0.25) is 0 Å². The SMILES string of the molecule is Nc1cc(-c2ccc(C(=O)O)c(O)c2)n2ccc(C(F)(F)F)cc12. The van der Waals surface area contributed by atoms with Crippen molar-refractivity contribution in [3.8, 4) is 17.0 Å². The largest absolute Gasteiger partial charge is 0.507 e. The van der Waals surface area contributed by atoms with E-state index in [1.54, 1.807) is 0 Å². The third-order valence-electron chi connectivity index (χ3n) is 3.65. The Kier molecular flexibility index (Phi) is 3.40. The minimum Gasteiger partial charge on any atom is -0.507 e. The average molecular weight is 336 g/mol. The molecule has 3 rings (SSSR count). The number of rotatable bonds is 2. The molecule has 0 bridgehead atoms. The van der Waals surface area contributed by atoms with Crippen LogP contribution in [0.25, 0.3) is 16.8 Å². The van der Waals surface area contributed by atoms with Crippen LogP contribution < -0.4 is 5.73 Å². The van der Waals surface area contributed by atoms with Crippen LogP contribution in [0.5, 0.6) is 5.75 Å². The number of carboxylic acid groups (broad SMARTS) is 1. The maximum atomic E-state index is 12.8. The number of carboxylic acids is 1. The Morgan fingerprint density at radius 1 is 1.12 bits per heavy atom. The number of hydrogen-bond donors (Lipinski definition) is 3. The van der Waals surface area contributed by atoms with Crippen molar-refractivity contribution in [1.82, 2.24) is 4.40 Å². The first kappa shape index (κ1) is 15.7. The second kappa shape index (κ2) is 5.19. The Hall–Kier alpha value is -3.16. The summed E-state index contributed by atoms with van der Waals surface area (Å²) < 4.78 is 39.9. The minimum absolute atomic E-state index is 0.137. The summed E-state index contributed by atoms with van der Waals surface area (Å²) in [6, 6.07) is 7.20. The number of nitrogens with zero attached hydrogens (tertiary/aromatic N) is 1. The molecule has 0 fully saturated rings. The molecular weight excluding hydrogens is 325 g/mol. The lowest BCUT2D eigenvalue weighted by Gasteiger charge is -2.09. The van der Waals surface area contributed by atoms with E-state index in [1.807, 2.05) is 0 Å². The summed E-state index contributed by atoms with van der Waals surface area (Å²) in [4.78, 5) is 10.9. The van der Waals surface area contributed by atoms with Gasteiger partial charge in [0.15, 0.2) is 0 Å². The molecule has 0 aliphatic rings. The number of nitrogens with two attached hydrogens (primary N) is 1. The molecular formula is C16H11F3N2O3. The van der Waals surface area contributed by atoms with Crippen molar-refractivity contribution in [1.29, 1.82) is 0 Å². The fraction of sp³-hybridized carbons (Fsp3) is 0.0625. The lowest BCUT2D eigenvalue weighted by Crippen LogP contribution is -2.05. The lowest BCUT2D eigenvalue weighted by atomic mass is 10.1. The first-order valence-corrected chi connectivity index (χ1v) is 6.73. The van der Waals surface area contributed by atoms with Crippen LogP contribution in [-0.2, 0) is 6.18 Å². The molecule has 0 saturated carbocycles. The number of hydrogen-bond acceptors (Lipinski definition) is 3. The van der Waals surface area contributed by atoms with Crippen molar-refractivity contribution in [3.05, 3.63) is 53.7 Å². The van der Waals surface area contributed by atoms with E-state index in [1.165, 1.54) is 34.9 Å². The highest BCUT2D eigenvalue weighted by Crippen LogP contribution is 2.35. The summed E-state index contributed by atoms with van der Waals surface area (Å²) in [7, 11) is 0. The number of halogens is 3. The highest BCUT2D eigenvalue weighted by atomic mass is 19.4. The Morgan fingerprint density at radius 3 is 2.42 bits per heavy atom. The molecule has 24 heavy (non-hydrogen) atoms. The van der Waals surface area contributed by atoms with Gasteiger partial charge in [0, 0.05) is 11.8 Å². The van der Waals surface area contributed by atoms with Crippen LogP contribution in [-0.4, -0.2) is 20.6 Å². The van der Waals surface area contributed by atoms with E-state index < -0.39 is 23.5 Å². The van der Waals surface area contributed by atoms with Gasteiger partial charge in [-0.2, -0.15) is 13.2 Å². The summed E-state index contributed by atoms with van der Waals surface area (Å²) in [5, 5.41) is 18.7. The number of alkyl halides is 3. The Labute approximate surface area is 133 Å². The van der Waals surface area contributed by atoms with E-state index in [0.29, 0.717) is 11.3 Å². The van der Waals surface area contributed by atoms with Crippen LogP contribution in [0.4, 0.5) is 18.9 Å². The van der Waals surface area contributed by atoms with Gasteiger partial charge in [0.2, 0.25) is 0 Å². The zero-order valence-electron chi connectivity index (χ0n) is 12.0. The van der Waals surface area contributed by atoms with Crippen LogP contribution in [0.3, 0.4) is 0 Å². The number of benzene rings is 1. The van der Waals surface area contributed by atoms with Crippen molar-refractivity contribution in [3.63, 3.8) is 0 Å². The monoisotopic (exact) mass is 336 g/mol. The van der Waals surface area contributed by atoms with Crippen molar-refractivity contribution in [2.24, 2.45) is 0 Å². The number of phenols is 1. The summed E-state index contributed by atoms with van der Waals surface area (Å²) in [5.41, 5.74) is 5.86. The number of aromatic hydroxyl groups is 1. The van der Waals surface area contributed by atoms with Gasteiger partial charge in [0.1, 0.15) is 11.3 Å². The maximum Gasteiger partial charge on any atom is 0.416 e. The van der Waals surface area contributed by atoms with Gasteiger partial charge in [-0.25, -0.2) is 4.79 Å². The van der Waals surface area contributed by atoms with Crippen LogP contribution >= 0.6 is 0 Å². The molecule has 8 heteroatoms. The fourth-order valence-corrected chi connectivity index (χ4v) is 2.49. The Morgan fingerprint density at radius 2 is 1.83 bits per heavy atom. The quantitative estimate of drug-likeness (QED) is 0.667. The van der Waals surface area contributed by atoms with E-state index in [2.05, 4.69) is 0 Å². The van der Waals surface area contributed by atoms with Crippen molar-refractivity contribution in [2.45, 2.75) is 6.18 Å². The van der Waals surface area contributed by atoms with Crippen LogP contribution in [0.1, 0.15) is 15.9 Å². The number of nitrogen functional groups attached to an aromatic ring is 1. The van der Waals surface area contributed by atoms with Crippen LogP contribution in [0, 0.1) is 0 Å². The van der Waals surface area contributed by atoms with E-state index in [0.717, 1.165) is 12.1 Å². The molecule has 0 aliphatic heterocycles. The molecule has 0 unspecified atom stereocenters. The fourth-order valence-electron chi connectivity index (χ4n) is 2.49. The number of carbonyl (C=O) groups is 1. The van der Waals surface area contributed by atoms with Gasteiger partial charge in [-0.05, 0) is 30.3 Å². The zero-order chi connectivity index (χ0) is 17.6. The summed E-state index contributed by atoms with van der Waals surface area (Å²) in [6.07, 6.45) is -3.26. The highest BCUT2D eigenvalue weighted by molar-refractivity contribution is 5.92. The highest BCUT2D eigenvalue weighted by Gasteiger charge is 2.31. The number of pyridine rings is 1. The molecule has 3 aromatic rings. The standard InChI is InChI=1S/C16H11F3N2O3/c17-16(18,19)9-3-4-21-12(7-11(20)13(21)6-9)8-1-2-10(15(23)24)14(22)5-8/h1-7,22H,20H2,(H,23,24). The van der Waals surface area contributed by atoms with E-state index in [4.69, 9.17) is 10.8 Å². The first-order chi connectivity index (χ1) is 11.2. The third kappa shape index (κ3) is 2.51. The van der Waals surface area contributed by atoms with E-state index >= 15 is 0 Å². The van der Waals surface area contributed by atoms with Crippen LogP contribution in [0.15, 0.2) is 42.6 Å². The average Bonchev–Trinajstić information content (AvgIpc) is 2.82. The molecule has 0 radical (unpaired) electrons. The van der Waals surface area contributed by atoms with Gasteiger partial charge < -0.3 is 20.3 Å². The maximum absolute atomic E-state index is 12.8. The van der Waals surface area contributed by atoms with Crippen LogP contribution in [0.2, 0.25) is 0 Å². The summed E-state index contributed by atoms with van der Waals surface area (Å²) in [6.45, 7) is 0. The minimum atomic E-state index is -4.49. The molecule has 0 saturated heterocycles. The van der Waals surface area contributed by atoms with E-state index in [9.17, 15) is 23.1 Å². The molecule has 0 atom stereocenters. The molecule has 2 aromatic heterocycles. The predicted octanol–water partition coefficient (Wildman–Crippen LogP) is 3.61. The Balaban J connectivity index is 2.18. The number of anilines is 1. The third-order valence-corrected chi connectivity index (χ3v) is 3.65. The van der Waals surface area contributed by atoms with Gasteiger partial charge in [-0.1, -0.05) is 6.07 Å². The van der Waals surface area contributed by atoms with Gasteiger partial charge >= 0.3 is 12.1 Å². The number of fused-ring (bicyclic) bond motifs is 1. The smallest absolute Gasteiger partial charge is 0.416 e. The molecule has 0 amide bonds. The molecule has 1 aromatic carbocycles. The lowest BCUT2D eigenvalue weighted by molar-refractivity contribution is -0.137. The second-order valence-corrected chi connectivity index (χ2v) is 5.19. The summed E-state index contributed by atoms with van der Waals surface area (Å²) >= 11 is 0. The molecule has 0 aliphatic carbocycles. The van der Waals surface area contributed by atoms with Gasteiger partial charge in [-0.15, -0.1) is 0 Å².